The smallest absolute Gasteiger partial charge is 0.184 e. The standard InChI is InChI=1S/C21H26O7/c1-25-16-9-7-15(8-10-16)13-26-19-18(23)17(11-22)28-21(24)20(19)27-12-14-5-3-2-4-6-14/h2-10,17-24H,11-13H2,1H3/t17-,18+,19+,20-,21-/m1/s1. The highest BCUT2D eigenvalue weighted by Gasteiger charge is 2.46. The molecule has 2 aromatic rings. The van der Waals surface area contributed by atoms with Gasteiger partial charge in [0.2, 0.25) is 0 Å². The molecular weight excluding hydrogens is 364 g/mol. The maximum atomic E-state index is 10.6. The molecule has 28 heavy (non-hydrogen) atoms. The van der Waals surface area contributed by atoms with Crippen LogP contribution in [0.3, 0.4) is 0 Å². The predicted molar refractivity (Wildman–Crippen MR) is 101 cm³/mol. The molecule has 7 nitrogen and oxygen atoms in total. The van der Waals surface area contributed by atoms with Crippen LogP contribution in [-0.2, 0) is 27.4 Å². The fraction of sp³-hybridized carbons (Fsp3) is 0.429. The van der Waals surface area contributed by atoms with E-state index in [-0.39, 0.29) is 13.2 Å². The molecule has 1 fully saturated rings. The zero-order valence-electron chi connectivity index (χ0n) is 15.7. The Balaban J connectivity index is 1.69. The van der Waals surface area contributed by atoms with Crippen LogP contribution in [0, 0.1) is 0 Å². The van der Waals surface area contributed by atoms with Gasteiger partial charge in [-0.05, 0) is 23.3 Å². The van der Waals surface area contributed by atoms with Crippen molar-refractivity contribution in [2.75, 3.05) is 13.7 Å². The summed E-state index contributed by atoms with van der Waals surface area (Å²) in [5, 5.41) is 30.3. The molecule has 0 saturated carbocycles. The van der Waals surface area contributed by atoms with Crippen molar-refractivity contribution in [2.45, 2.75) is 43.9 Å². The Hall–Kier alpha value is -2.00. The fourth-order valence-electron chi connectivity index (χ4n) is 3.11. The van der Waals surface area contributed by atoms with Crippen molar-refractivity contribution in [3.63, 3.8) is 0 Å². The number of methoxy groups -OCH3 is 1. The largest absolute Gasteiger partial charge is 0.497 e. The average molecular weight is 390 g/mol. The highest BCUT2D eigenvalue weighted by Crippen LogP contribution is 2.26. The van der Waals surface area contributed by atoms with Crippen LogP contribution in [0.5, 0.6) is 5.75 Å². The minimum Gasteiger partial charge on any atom is -0.497 e. The number of aliphatic hydroxyl groups excluding tert-OH is 3. The van der Waals surface area contributed by atoms with E-state index in [9.17, 15) is 15.3 Å². The monoisotopic (exact) mass is 390 g/mol. The van der Waals surface area contributed by atoms with Gasteiger partial charge in [0.25, 0.3) is 0 Å². The molecular formula is C21H26O7. The van der Waals surface area contributed by atoms with E-state index in [1.807, 2.05) is 54.6 Å². The third-order valence-corrected chi connectivity index (χ3v) is 4.70. The van der Waals surface area contributed by atoms with Crippen LogP contribution >= 0.6 is 0 Å². The van der Waals surface area contributed by atoms with Crippen LogP contribution in [0.25, 0.3) is 0 Å². The Morgan fingerprint density at radius 3 is 2.07 bits per heavy atom. The van der Waals surface area contributed by atoms with Crippen molar-refractivity contribution in [3.8, 4) is 5.75 Å². The summed E-state index contributed by atoms with van der Waals surface area (Å²) in [4.78, 5) is 0. The third-order valence-electron chi connectivity index (χ3n) is 4.70. The molecule has 3 rings (SSSR count). The summed E-state index contributed by atoms with van der Waals surface area (Å²) in [6.45, 7) is -0.0152. The summed E-state index contributed by atoms with van der Waals surface area (Å²) in [7, 11) is 1.59. The van der Waals surface area contributed by atoms with E-state index >= 15 is 0 Å². The van der Waals surface area contributed by atoms with Crippen LogP contribution in [-0.4, -0.2) is 59.7 Å². The third kappa shape index (κ3) is 5.08. The van der Waals surface area contributed by atoms with Gasteiger partial charge >= 0.3 is 0 Å². The first-order chi connectivity index (χ1) is 13.6. The highest BCUT2D eigenvalue weighted by atomic mass is 16.7. The van der Waals surface area contributed by atoms with Gasteiger partial charge in [-0.3, -0.25) is 0 Å². The van der Waals surface area contributed by atoms with Crippen LogP contribution in [0.1, 0.15) is 11.1 Å². The van der Waals surface area contributed by atoms with E-state index in [1.165, 1.54) is 0 Å². The molecule has 0 spiro atoms. The SMILES string of the molecule is COc1ccc(CO[C@H]2[C@@H](O)[C@@H](CO)O[C@@H](O)[C@@H]2OCc2ccccc2)cc1. The van der Waals surface area contributed by atoms with Crippen molar-refractivity contribution in [1.82, 2.24) is 0 Å². The van der Waals surface area contributed by atoms with Gasteiger partial charge in [-0.15, -0.1) is 0 Å². The first-order valence-electron chi connectivity index (χ1n) is 9.15. The van der Waals surface area contributed by atoms with Crippen LogP contribution in [0.4, 0.5) is 0 Å². The van der Waals surface area contributed by atoms with Gasteiger partial charge in [0.15, 0.2) is 6.29 Å². The lowest BCUT2D eigenvalue weighted by atomic mass is 9.98. The molecule has 7 heteroatoms. The maximum absolute atomic E-state index is 10.6. The van der Waals surface area contributed by atoms with Crippen molar-refractivity contribution in [2.24, 2.45) is 0 Å². The lowest BCUT2D eigenvalue weighted by Gasteiger charge is -2.42. The number of ether oxygens (including phenoxy) is 4. The normalized spacial score (nSPS) is 27.5. The Bertz CT molecular complexity index is 706. The van der Waals surface area contributed by atoms with Gasteiger partial charge in [0.1, 0.15) is 30.2 Å². The number of rotatable bonds is 8. The maximum Gasteiger partial charge on any atom is 0.184 e. The molecule has 2 aromatic carbocycles. The molecule has 0 unspecified atom stereocenters. The summed E-state index contributed by atoms with van der Waals surface area (Å²) in [6, 6.07) is 16.8. The Labute approximate surface area is 164 Å². The van der Waals surface area contributed by atoms with E-state index in [0.717, 1.165) is 16.9 Å². The number of benzene rings is 2. The van der Waals surface area contributed by atoms with E-state index in [4.69, 9.17) is 18.9 Å². The molecule has 0 amide bonds. The zero-order valence-corrected chi connectivity index (χ0v) is 15.7. The zero-order chi connectivity index (χ0) is 19.9. The molecule has 0 radical (unpaired) electrons. The molecule has 1 saturated heterocycles. The minimum atomic E-state index is -1.33. The van der Waals surface area contributed by atoms with Crippen molar-refractivity contribution >= 4 is 0 Å². The molecule has 0 bridgehead atoms. The van der Waals surface area contributed by atoms with Crippen LogP contribution in [0.2, 0.25) is 0 Å². The van der Waals surface area contributed by atoms with Gasteiger partial charge < -0.3 is 34.3 Å². The summed E-state index contributed by atoms with van der Waals surface area (Å²) in [5.74, 6) is 0.731. The van der Waals surface area contributed by atoms with Gasteiger partial charge in [-0.1, -0.05) is 42.5 Å². The molecule has 1 aliphatic rings. The quantitative estimate of drug-likeness (QED) is 0.624. The van der Waals surface area contributed by atoms with Crippen LogP contribution in [0.15, 0.2) is 54.6 Å². The topological polar surface area (TPSA) is 97.6 Å². The van der Waals surface area contributed by atoms with Crippen molar-refractivity contribution < 1.29 is 34.3 Å². The second-order valence-electron chi connectivity index (χ2n) is 6.62. The number of aliphatic hydroxyl groups is 3. The lowest BCUT2D eigenvalue weighted by Crippen LogP contribution is -2.60. The van der Waals surface area contributed by atoms with E-state index < -0.39 is 37.3 Å². The molecule has 3 N–H and O–H groups in total. The van der Waals surface area contributed by atoms with Gasteiger partial charge in [0, 0.05) is 0 Å². The lowest BCUT2D eigenvalue weighted by molar-refractivity contribution is -0.307. The molecule has 1 aliphatic heterocycles. The molecule has 5 atom stereocenters. The van der Waals surface area contributed by atoms with Crippen molar-refractivity contribution in [3.05, 3.63) is 65.7 Å². The summed E-state index contributed by atoms with van der Waals surface area (Å²) >= 11 is 0. The number of hydrogen-bond acceptors (Lipinski definition) is 7. The van der Waals surface area contributed by atoms with Gasteiger partial charge in [-0.25, -0.2) is 0 Å². The van der Waals surface area contributed by atoms with E-state index in [2.05, 4.69) is 0 Å². The van der Waals surface area contributed by atoms with Gasteiger partial charge in [-0.2, -0.15) is 0 Å². The first kappa shape index (κ1) is 20.7. The second-order valence-corrected chi connectivity index (χ2v) is 6.62. The van der Waals surface area contributed by atoms with Gasteiger partial charge in [0.05, 0.1) is 26.9 Å². The summed E-state index contributed by atoms with van der Waals surface area (Å²) in [6.07, 6.45) is -5.20. The predicted octanol–water partition coefficient (Wildman–Crippen LogP) is 1.24. The molecule has 1 heterocycles. The Kier molecular flexibility index (Phi) is 7.38. The van der Waals surface area contributed by atoms with Crippen LogP contribution < -0.4 is 4.74 Å². The van der Waals surface area contributed by atoms with E-state index in [1.54, 1.807) is 7.11 Å². The Morgan fingerprint density at radius 1 is 0.857 bits per heavy atom. The minimum absolute atomic E-state index is 0.196. The molecule has 152 valence electrons. The first-order valence-corrected chi connectivity index (χ1v) is 9.15. The Morgan fingerprint density at radius 2 is 1.46 bits per heavy atom. The van der Waals surface area contributed by atoms with E-state index in [0.29, 0.717) is 0 Å². The second kappa shape index (κ2) is 9.97. The van der Waals surface area contributed by atoms with Crippen molar-refractivity contribution in [1.29, 1.82) is 0 Å². The number of hydrogen-bond donors (Lipinski definition) is 3. The average Bonchev–Trinajstić information content (AvgIpc) is 2.74. The summed E-state index contributed by atoms with van der Waals surface area (Å²) in [5.41, 5.74) is 1.79. The molecule has 0 aliphatic carbocycles. The highest BCUT2D eigenvalue weighted by molar-refractivity contribution is 5.26. The molecule has 0 aromatic heterocycles. The fourth-order valence-corrected chi connectivity index (χ4v) is 3.11. The summed E-state index contributed by atoms with van der Waals surface area (Å²) < 4.78 is 22.1.